The second kappa shape index (κ2) is 9.06. The van der Waals surface area contributed by atoms with Gasteiger partial charge in [-0.25, -0.2) is 0 Å². The highest BCUT2D eigenvalue weighted by Crippen LogP contribution is 2.28. The van der Waals surface area contributed by atoms with Crippen molar-refractivity contribution in [3.8, 4) is 11.5 Å². The summed E-state index contributed by atoms with van der Waals surface area (Å²) in [4.78, 5) is 0. The van der Waals surface area contributed by atoms with Gasteiger partial charge >= 0.3 is 0 Å². The first-order valence-electron chi connectivity index (χ1n) is 6.64. The van der Waals surface area contributed by atoms with Gasteiger partial charge in [-0.3, -0.25) is 0 Å². The van der Waals surface area contributed by atoms with Crippen LogP contribution in [0, 0.1) is 5.92 Å². The molecule has 0 spiro atoms. The Balaban J connectivity index is 0.00000361. The summed E-state index contributed by atoms with van der Waals surface area (Å²) >= 11 is 0. The van der Waals surface area contributed by atoms with Crippen molar-refractivity contribution in [2.24, 2.45) is 11.7 Å². The number of aliphatic hydroxyl groups is 1. The first-order chi connectivity index (χ1) is 8.97. The molecule has 1 rings (SSSR count). The summed E-state index contributed by atoms with van der Waals surface area (Å²) in [7, 11) is 3.19. The Kier molecular flexibility index (Phi) is 8.62. The normalized spacial score (nSPS) is 13.6. The molecule has 0 aliphatic heterocycles. The van der Waals surface area contributed by atoms with Gasteiger partial charge in [0.15, 0.2) is 0 Å². The quantitative estimate of drug-likeness (QED) is 0.813. The SMILES string of the molecule is COc1cc(OC)cc([C@H](N)[C@H](O)CCC(C)C)c1.Cl. The Morgan fingerprint density at radius 2 is 1.55 bits per heavy atom. The molecule has 0 aromatic heterocycles. The lowest BCUT2D eigenvalue weighted by Gasteiger charge is -2.21. The smallest absolute Gasteiger partial charge is 0.122 e. The molecule has 0 saturated heterocycles. The monoisotopic (exact) mass is 303 g/mol. The van der Waals surface area contributed by atoms with Crippen LogP contribution in [0.15, 0.2) is 18.2 Å². The van der Waals surface area contributed by atoms with E-state index in [9.17, 15) is 5.11 Å². The van der Waals surface area contributed by atoms with Crippen LogP contribution in [0.5, 0.6) is 11.5 Å². The molecule has 0 saturated carbocycles. The van der Waals surface area contributed by atoms with Gasteiger partial charge < -0.3 is 20.3 Å². The zero-order chi connectivity index (χ0) is 14.4. The van der Waals surface area contributed by atoms with Crippen molar-refractivity contribution in [2.45, 2.75) is 38.8 Å². The highest BCUT2D eigenvalue weighted by atomic mass is 35.5. The number of hydrogen-bond acceptors (Lipinski definition) is 4. The van der Waals surface area contributed by atoms with E-state index in [-0.39, 0.29) is 12.4 Å². The van der Waals surface area contributed by atoms with Gasteiger partial charge in [-0.1, -0.05) is 13.8 Å². The molecule has 5 heteroatoms. The summed E-state index contributed by atoms with van der Waals surface area (Å²) in [6.07, 6.45) is 1.09. The number of benzene rings is 1. The summed E-state index contributed by atoms with van der Waals surface area (Å²) in [5.74, 6) is 1.92. The third-order valence-corrected chi connectivity index (χ3v) is 3.21. The standard InChI is InChI=1S/C15H25NO3.ClH/c1-10(2)5-6-14(17)15(16)11-7-12(18-3)9-13(8-11)19-4;/h7-10,14-15,17H,5-6,16H2,1-4H3;1H/t14-,15+;/m1./s1. The van der Waals surface area contributed by atoms with Crippen molar-refractivity contribution in [3.63, 3.8) is 0 Å². The molecular formula is C15H26ClNO3. The van der Waals surface area contributed by atoms with Crippen molar-refractivity contribution in [2.75, 3.05) is 14.2 Å². The van der Waals surface area contributed by atoms with E-state index in [1.54, 1.807) is 20.3 Å². The molecule has 20 heavy (non-hydrogen) atoms. The van der Waals surface area contributed by atoms with Gasteiger partial charge in [0.2, 0.25) is 0 Å². The van der Waals surface area contributed by atoms with E-state index in [1.165, 1.54) is 0 Å². The molecule has 4 nitrogen and oxygen atoms in total. The summed E-state index contributed by atoms with van der Waals surface area (Å²) < 4.78 is 10.4. The number of ether oxygens (including phenoxy) is 2. The molecule has 0 heterocycles. The van der Waals surface area contributed by atoms with Crippen molar-refractivity contribution >= 4 is 12.4 Å². The molecule has 3 N–H and O–H groups in total. The summed E-state index contributed by atoms with van der Waals surface area (Å²) in [6, 6.07) is 5.04. The number of aliphatic hydroxyl groups excluding tert-OH is 1. The van der Waals surface area contributed by atoms with E-state index in [0.717, 1.165) is 12.0 Å². The van der Waals surface area contributed by atoms with E-state index in [4.69, 9.17) is 15.2 Å². The highest BCUT2D eigenvalue weighted by Gasteiger charge is 2.18. The van der Waals surface area contributed by atoms with Gasteiger partial charge in [0.05, 0.1) is 26.4 Å². The second-order valence-electron chi connectivity index (χ2n) is 5.21. The van der Waals surface area contributed by atoms with Crippen molar-refractivity contribution in [1.29, 1.82) is 0 Å². The zero-order valence-electron chi connectivity index (χ0n) is 12.6. The predicted octanol–water partition coefficient (Wildman–Crippen LogP) is 2.92. The maximum atomic E-state index is 10.1. The van der Waals surface area contributed by atoms with E-state index in [1.807, 2.05) is 12.1 Å². The predicted molar refractivity (Wildman–Crippen MR) is 83.8 cm³/mol. The highest BCUT2D eigenvalue weighted by molar-refractivity contribution is 5.85. The minimum Gasteiger partial charge on any atom is -0.497 e. The molecular weight excluding hydrogens is 278 g/mol. The Morgan fingerprint density at radius 1 is 1.05 bits per heavy atom. The van der Waals surface area contributed by atoms with E-state index in [2.05, 4.69) is 13.8 Å². The van der Waals surface area contributed by atoms with Gasteiger partial charge in [0.25, 0.3) is 0 Å². The largest absolute Gasteiger partial charge is 0.497 e. The van der Waals surface area contributed by atoms with Crippen LogP contribution in [0.3, 0.4) is 0 Å². The molecule has 0 fully saturated rings. The van der Waals surface area contributed by atoms with Crippen LogP contribution in [-0.2, 0) is 0 Å². The molecule has 0 radical (unpaired) electrons. The molecule has 0 aliphatic rings. The molecule has 0 unspecified atom stereocenters. The first kappa shape index (κ1) is 19.0. The van der Waals surface area contributed by atoms with Crippen LogP contribution in [0.25, 0.3) is 0 Å². The molecule has 0 bridgehead atoms. The van der Waals surface area contributed by atoms with Crippen LogP contribution in [0.2, 0.25) is 0 Å². The molecule has 1 aromatic rings. The molecule has 116 valence electrons. The van der Waals surface area contributed by atoms with Crippen molar-refractivity contribution < 1.29 is 14.6 Å². The van der Waals surface area contributed by atoms with Crippen LogP contribution in [0.1, 0.15) is 38.3 Å². The van der Waals surface area contributed by atoms with Crippen LogP contribution >= 0.6 is 12.4 Å². The minimum atomic E-state index is -0.556. The molecule has 1 aromatic carbocycles. The third-order valence-electron chi connectivity index (χ3n) is 3.21. The van der Waals surface area contributed by atoms with Gasteiger partial charge in [-0.2, -0.15) is 0 Å². The lowest BCUT2D eigenvalue weighted by molar-refractivity contribution is 0.128. The van der Waals surface area contributed by atoms with Crippen LogP contribution in [-0.4, -0.2) is 25.4 Å². The number of halogens is 1. The zero-order valence-corrected chi connectivity index (χ0v) is 13.4. The second-order valence-corrected chi connectivity index (χ2v) is 5.21. The average Bonchev–Trinajstić information content (AvgIpc) is 2.42. The molecule has 2 atom stereocenters. The Morgan fingerprint density at radius 3 is 1.95 bits per heavy atom. The van der Waals surface area contributed by atoms with Crippen molar-refractivity contribution in [3.05, 3.63) is 23.8 Å². The first-order valence-corrected chi connectivity index (χ1v) is 6.64. The third kappa shape index (κ3) is 5.57. The Hall–Kier alpha value is -0.970. The maximum Gasteiger partial charge on any atom is 0.122 e. The number of hydrogen-bond donors (Lipinski definition) is 2. The fraction of sp³-hybridized carbons (Fsp3) is 0.600. The van der Waals surface area contributed by atoms with E-state index < -0.39 is 12.1 Å². The van der Waals surface area contributed by atoms with Gasteiger partial charge in [0.1, 0.15) is 11.5 Å². The minimum absolute atomic E-state index is 0. The van der Waals surface area contributed by atoms with E-state index in [0.29, 0.717) is 23.8 Å². The van der Waals surface area contributed by atoms with Gasteiger partial charge in [0, 0.05) is 6.07 Å². The fourth-order valence-corrected chi connectivity index (χ4v) is 1.93. The number of nitrogens with two attached hydrogens (primary N) is 1. The summed E-state index contributed by atoms with van der Waals surface area (Å²) in [5, 5.41) is 10.1. The molecule has 0 aliphatic carbocycles. The topological polar surface area (TPSA) is 64.7 Å². The Bertz CT molecular complexity index is 376. The maximum absolute atomic E-state index is 10.1. The average molecular weight is 304 g/mol. The number of rotatable bonds is 7. The fourth-order valence-electron chi connectivity index (χ4n) is 1.93. The summed E-state index contributed by atoms with van der Waals surface area (Å²) in [5.41, 5.74) is 6.94. The Labute approximate surface area is 127 Å². The molecule has 0 amide bonds. The van der Waals surface area contributed by atoms with Gasteiger partial charge in [-0.15, -0.1) is 12.4 Å². The summed E-state index contributed by atoms with van der Waals surface area (Å²) in [6.45, 7) is 4.26. The van der Waals surface area contributed by atoms with Crippen molar-refractivity contribution in [1.82, 2.24) is 0 Å². The lowest BCUT2D eigenvalue weighted by Crippen LogP contribution is -2.26. The van der Waals surface area contributed by atoms with E-state index >= 15 is 0 Å². The lowest BCUT2D eigenvalue weighted by atomic mass is 9.96. The number of methoxy groups -OCH3 is 2. The van der Waals surface area contributed by atoms with Crippen LogP contribution < -0.4 is 15.2 Å². The van der Waals surface area contributed by atoms with Crippen LogP contribution in [0.4, 0.5) is 0 Å². The van der Waals surface area contributed by atoms with Gasteiger partial charge in [-0.05, 0) is 36.5 Å².